The van der Waals surface area contributed by atoms with Crippen molar-refractivity contribution < 1.29 is 14.3 Å². The number of carbonyl (C=O) groups excluding carboxylic acids is 2. The maximum atomic E-state index is 12.0. The normalized spacial score (nSPS) is 11.2. The van der Waals surface area contributed by atoms with Gasteiger partial charge in [-0.15, -0.1) is 0 Å². The highest BCUT2D eigenvalue weighted by Gasteiger charge is 2.16. The van der Waals surface area contributed by atoms with E-state index >= 15 is 0 Å². The van der Waals surface area contributed by atoms with Gasteiger partial charge in [0.2, 0.25) is 0 Å². The number of Topliss-reactive ketones (excluding diaryl/α,β-unsaturated/α-hetero) is 1. The summed E-state index contributed by atoms with van der Waals surface area (Å²) < 4.78 is 4.79. The Balaban J connectivity index is 2.96. The van der Waals surface area contributed by atoms with Gasteiger partial charge in [0.25, 0.3) is 0 Å². The molecule has 3 nitrogen and oxygen atoms in total. The molecule has 1 aromatic carbocycles. The molecule has 96 valence electrons. The zero-order chi connectivity index (χ0) is 13.5. The Morgan fingerprint density at radius 2 is 1.83 bits per heavy atom. The molecule has 0 saturated carbocycles. The monoisotopic (exact) mass is 246 g/mol. The fraction of sp³-hybridized carbons (Fsp3) is 0.333. The summed E-state index contributed by atoms with van der Waals surface area (Å²) >= 11 is 0. The number of allylic oxidation sites excluding steroid dienone is 2. The first kappa shape index (κ1) is 14.2. The van der Waals surface area contributed by atoms with Crippen LogP contribution in [0.3, 0.4) is 0 Å². The molecular formula is C15H18O3. The molecule has 0 aliphatic carbocycles. The van der Waals surface area contributed by atoms with E-state index in [0.717, 1.165) is 11.1 Å². The lowest BCUT2D eigenvalue weighted by Gasteiger charge is -2.08. The van der Waals surface area contributed by atoms with Crippen LogP contribution in [0.15, 0.2) is 30.3 Å². The molecule has 0 aromatic heterocycles. The Morgan fingerprint density at radius 3 is 2.39 bits per heavy atom. The molecule has 0 aliphatic heterocycles. The highest BCUT2D eigenvalue weighted by Crippen LogP contribution is 2.20. The second-order valence-electron chi connectivity index (χ2n) is 3.92. The first-order chi connectivity index (χ1) is 8.60. The van der Waals surface area contributed by atoms with Crippen LogP contribution < -0.4 is 0 Å². The fourth-order valence-corrected chi connectivity index (χ4v) is 1.66. The summed E-state index contributed by atoms with van der Waals surface area (Å²) in [5.74, 6) is -0.680. The van der Waals surface area contributed by atoms with Crippen LogP contribution in [0.25, 0.3) is 5.57 Å². The van der Waals surface area contributed by atoms with E-state index in [4.69, 9.17) is 4.74 Å². The van der Waals surface area contributed by atoms with Crippen LogP contribution >= 0.6 is 0 Å². The summed E-state index contributed by atoms with van der Waals surface area (Å²) in [5, 5.41) is 0. The van der Waals surface area contributed by atoms with E-state index in [1.54, 1.807) is 19.1 Å². The molecule has 0 fully saturated rings. The van der Waals surface area contributed by atoms with Crippen molar-refractivity contribution in [3.8, 4) is 0 Å². The summed E-state index contributed by atoms with van der Waals surface area (Å²) in [6.45, 7) is 5.88. The van der Waals surface area contributed by atoms with E-state index in [1.807, 2.05) is 32.1 Å². The van der Waals surface area contributed by atoms with Crippen LogP contribution in [0.1, 0.15) is 43.1 Å². The molecule has 0 unspecified atom stereocenters. The van der Waals surface area contributed by atoms with Crippen LogP contribution in [-0.2, 0) is 9.53 Å². The van der Waals surface area contributed by atoms with Crippen molar-refractivity contribution >= 4 is 17.3 Å². The Kier molecular flexibility index (Phi) is 5.31. The molecule has 1 rings (SSSR count). The maximum absolute atomic E-state index is 12.0. The standard InChI is InChI=1S/C15H18O3/c1-4-11(3)12-8-6-7-9-13(12)14(16)10-15(17)18-5-2/h4,6-9H,5,10H2,1-3H3/b11-4+. The lowest BCUT2D eigenvalue weighted by Crippen LogP contribution is -2.12. The van der Waals surface area contributed by atoms with Gasteiger partial charge in [-0.3, -0.25) is 9.59 Å². The first-order valence-electron chi connectivity index (χ1n) is 6.01. The Morgan fingerprint density at radius 1 is 1.22 bits per heavy atom. The van der Waals surface area contributed by atoms with Gasteiger partial charge in [0.1, 0.15) is 6.42 Å². The molecule has 18 heavy (non-hydrogen) atoms. The summed E-state index contributed by atoms with van der Waals surface area (Å²) in [4.78, 5) is 23.4. The van der Waals surface area contributed by atoms with E-state index in [0.29, 0.717) is 12.2 Å². The van der Waals surface area contributed by atoms with Gasteiger partial charge in [0.15, 0.2) is 5.78 Å². The quantitative estimate of drug-likeness (QED) is 0.455. The molecule has 0 radical (unpaired) electrons. The molecule has 1 aromatic rings. The summed E-state index contributed by atoms with van der Waals surface area (Å²) in [6, 6.07) is 7.30. The molecule has 0 aliphatic rings. The molecule has 0 spiro atoms. The topological polar surface area (TPSA) is 43.4 Å². The van der Waals surface area contributed by atoms with Gasteiger partial charge in [-0.2, -0.15) is 0 Å². The van der Waals surface area contributed by atoms with Crippen LogP contribution in [0.2, 0.25) is 0 Å². The number of hydrogen-bond donors (Lipinski definition) is 0. The molecule has 0 atom stereocenters. The lowest BCUT2D eigenvalue weighted by atomic mass is 9.96. The Labute approximate surface area is 107 Å². The van der Waals surface area contributed by atoms with Gasteiger partial charge in [0.05, 0.1) is 6.61 Å². The SMILES string of the molecule is C/C=C(\C)c1ccccc1C(=O)CC(=O)OCC. The van der Waals surface area contributed by atoms with Crippen LogP contribution in [0.5, 0.6) is 0 Å². The highest BCUT2D eigenvalue weighted by atomic mass is 16.5. The number of hydrogen-bond acceptors (Lipinski definition) is 3. The van der Waals surface area contributed by atoms with Crippen molar-refractivity contribution in [3.63, 3.8) is 0 Å². The predicted octanol–water partition coefficient (Wildman–Crippen LogP) is 3.25. The smallest absolute Gasteiger partial charge is 0.313 e. The van der Waals surface area contributed by atoms with Crippen molar-refractivity contribution in [1.82, 2.24) is 0 Å². The molecule has 0 amide bonds. The summed E-state index contributed by atoms with van der Waals surface area (Å²) in [7, 11) is 0. The van der Waals surface area contributed by atoms with Gasteiger partial charge in [0, 0.05) is 5.56 Å². The third-order valence-electron chi connectivity index (χ3n) is 2.70. The Hall–Kier alpha value is -1.90. The number of benzene rings is 1. The largest absolute Gasteiger partial charge is 0.466 e. The molecule has 0 N–H and O–H groups in total. The third-order valence-corrected chi connectivity index (χ3v) is 2.70. The average molecular weight is 246 g/mol. The van der Waals surface area contributed by atoms with Crippen molar-refractivity contribution in [2.45, 2.75) is 27.2 Å². The van der Waals surface area contributed by atoms with E-state index in [9.17, 15) is 9.59 Å². The predicted molar refractivity (Wildman–Crippen MR) is 71.3 cm³/mol. The van der Waals surface area contributed by atoms with E-state index in [1.165, 1.54) is 0 Å². The number of ketones is 1. The minimum absolute atomic E-state index is 0.203. The van der Waals surface area contributed by atoms with Crippen LogP contribution in [0.4, 0.5) is 0 Å². The second kappa shape index (κ2) is 6.74. The fourth-order valence-electron chi connectivity index (χ4n) is 1.66. The number of ether oxygens (including phenoxy) is 1. The minimum atomic E-state index is -0.476. The van der Waals surface area contributed by atoms with Crippen molar-refractivity contribution in [2.24, 2.45) is 0 Å². The maximum Gasteiger partial charge on any atom is 0.313 e. The van der Waals surface area contributed by atoms with Gasteiger partial charge >= 0.3 is 5.97 Å². The van der Waals surface area contributed by atoms with Gasteiger partial charge < -0.3 is 4.74 Å². The van der Waals surface area contributed by atoms with Gasteiger partial charge in [-0.25, -0.2) is 0 Å². The summed E-state index contributed by atoms with van der Waals surface area (Å²) in [5.41, 5.74) is 2.46. The van der Waals surface area contributed by atoms with E-state index < -0.39 is 5.97 Å². The van der Waals surface area contributed by atoms with Crippen molar-refractivity contribution in [1.29, 1.82) is 0 Å². The lowest BCUT2D eigenvalue weighted by molar-refractivity contribution is -0.141. The molecule has 0 heterocycles. The Bertz CT molecular complexity index is 472. The van der Waals surface area contributed by atoms with Crippen LogP contribution in [-0.4, -0.2) is 18.4 Å². The highest BCUT2D eigenvalue weighted by molar-refractivity contribution is 6.08. The molecule has 3 heteroatoms. The number of rotatable bonds is 5. The van der Waals surface area contributed by atoms with E-state index in [2.05, 4.69) is 0 Å². The summed E-state index contributed by atoms with van der Waals surface area (Å²) in [6.07, 6.45) is 1.73. The zero-order valence-electron chi connectivity index (χ0n) is 11.0. The van der Waals surface area contributed by atoms with Gasteiger partial charge in [-0.1, -0.05) is 30.3 Å². The van der Waals surface area contributed by atoms with Crippen LogP contribution in [0, 0.1) is 0 Å². The third kappa shape index (κ3) is 3.55. The van der Waals surface area contributed by atoms with Gasteiger partial charge in [-0.05, 0) is 31.9 Å². The zero-order valence-corrected chi connectivity index (χ0v) is 11.0. The van der Waals surface area contributed by atoms with E-state index in [-0.39, 0.29) is 12.2 Å². The average Bonchev–Trinajstić information content (AvgIpc) is 2.38. The van der Waals surface area contributed by atoms with Crippen molar-refractivity contribution in [2.75, 3.05) is 6.61 Å². The van der Waals surface area contributed by atoms with Crippen molar-refractivity contribution in [3.05, 3.63) is 41.5 Å². The second-order valence-corrected chi connectivity index (χ2v) is 3.92. The number of carbonyl (C=O) groups is 2. The molecule has 0 saturated heterocycles. The number of esters is 1. The molecule has 0 bridgehead atoms. The first-order valence-corrected chi connectivity index (χ1v) is 6.01. The minimum Gasteiger partial charge on any atom is -0.466 e. The molecular weight excluding hydrogens is 228 g/mol.